The van der Waals surface area contributed by atoms with Crippen molar-refractivity contribution in [3.8, 4) is 0 Å². The van der Waals surface area contributed by atoms with Crippen LogP contribution in [-0.4, -0.2) is 57.6 Å². The summed E-state index contributed by atoms with van der Waals surface area (Å²) in [6, 6.07) is 1.84. The Hall–Kier alpha value is -1.85. The van der Waals surface area contributed by atoms with Crippen LogP contribution in [0.1, 0.15) is 62.4 Å². The quantitative estimate of drug-likeness (QED) is 0.813. The zero-order valence-electron chi connectivity index (χ0n) is 15.8. The van der Waals surface area contributed by atoms with E-state index in [1.807, 2.05) is 15.6 Å². The zero-order chi connectivity index (χ0) is 18.1. The van der Waals surface area contributed by atoms with Gasteiger partial charge in [-0.15, -0.1) is 0 Å². The normalized spacial score (nSPS) is 26.6. The fourth-order valence-electron chi connectivity index (χ4n) is 4.66. The third-order valence-electron chi connectivity index (χ3n) is 6.24. The lowest BCUT2D eigenvalue weighted by Gasteiger charge is -2.48. The highest BCUT2D eigenvalue weighted by atomic mass is 16.2. The van der Waals surface area contributed by atoms with E-state index in [1.54, 1.807) is 6.20 Å². The van der Waals surface area contributed by atoms with E-state index in [0.717, 1.165) is 64.3 Å². The smallest absolute Gasteiger partial charge is 0.272 e. The van der Waals surface area contributed by atoms with Crippen LogP contribution in [0.2, 0.25) is 0 Å². The second-order valence-electron chi connectivity index (χ2n) is 8.49. The number of carbonyl (C=O) groups is 2. The number of likely N-dealkylation sites (tertiary alicyclic amines) is 2. The molecule has 1 aromatic heterocycles. The first-order chi connectivity index (χ1) is 12.6. The molecule has 0 aromatic carbocycles. The van der Waals surface area contributed by atoms with Crippen LogP contribution in [0.25, 0.3) is 0 Å². The van der Waals surface area contributed by atoms with Crippen LogP contribution in [0.5, 0.6) is 0 Å². The molecule has 26 heavy (non-hydrogen) atoms. The van der Waals surface area contributed by atoms with E-state index in [-0.39, 0.29) is 11.3 Å². The van der Waals surface area contributed by atoms with E-state index in [2.05, 4.69) is 16.9 Å². The van der Waals surface area contributed by atoms with Gasteiger partial charge < -0.3 is 9.80 Å². The highest BCUT2D eigenvalue weighted by molar-refractivity contribution is 5.92. The van der Waals surface area contributed by atoms with Gasteiger partial charge in [0.05, 0.1) is 0 Å². The van der Waals surface area contributed by atoms with Crippen molar-refractivity contribution in [1.29, 1.82) is 0 Å². The molecular weight excluding hydrogens is 328 g/mol. The summed E-state index contributed by atoms with van der Waals surface area (Å²) in [6.45, 7) is 6.22. The Kier molecular flexibility index (Phi) is 4.76. The average molecular weight is 358 g/mol. The molecule has 1 saturated carbocycles. The highest BCUT2D eigenvalue weighted by Crippen LogP contribution is 2.41. The van der Waals surface area contributed by atoms with Gasteiger partial charge in [-0.1, -0.05) is 6.92 Å². The van der Waals surface area contributed by atoms with Gasteiger partial charge in [0, 0.05) is 50.8 Å². The van der Waals surface area contributed by atoms with Crippen molar-refractivity contribution < 1.29 is 9.59 Å². The predicted octanol–water partition coefficient (Wildman–Crippen LogP) is 2.55. The molecule has 1 aromatic rings. The van der Waals surface area contributed by atoms with Gasteiger partial charge in [-0.3, -0.25) is 14.3 Å². The number of piperidine rings is 2. The maximum atomic E-state index is 13.1. The molecule has 0 bridgehead atoms. The number of rotatable bonds is 5. The molecule has 142 valence electrons. The highest BCUT2D eigenvalue weighted by Gasteiger charge is 2.44. The molecule has 0 radical (unpaired) electrons. The fourth-order valence-corrected chi connectivity index (χ4v) is 4.66. The molecule has 6 nitrogen and oxygen atoms in total. The van der Waals surface area contributed by atoms with Gasteiger partial charge in [0.15, 0.2) is 0 Å². The first-order valence-electron chi connectivity index (χ1n) is 10.2. The first kappa shape index (κ1) is 17.6. The summed E-state index contributed by atoms with van der Waals surface area (Å²) in [4.78, 5) is 29.5. The number of aromatic nitrogens is 2. The minimum Gasteiger partial charge on any atom is -0.342 e. The molecular formula is C20H30N4O2. The minimum absolute atomic E-state index is 0.0896. The van der Waals surface area contributed by atoms with Crippen LogP contribution < -0.4 is 0 Å². The summed E-state index contributed by atoms with van der Waals surface area (Å²) in [7, 11) is 0. The molecule has 0 N–H and O–H groups in total. The van der Waals surface area contributed by atoms with Gasteiger partial charge in [-0.05, 0) is 50.5 Å². The maximum Gasteiger partial charge on any atom is 0.272 e. The van der Waals surface area contributed by atoms with E-state index in [0.29, 0.717) is 18.0 Å². The lowest BCUT2D eigenvalue weighted by atomic mass is 9.73. The van der Waals surface area contributed by atoms with Crippen LogP contribution in [-0.2, 0) is 11.3 Å². The molecule has 6 heteroatoms. The first-order valence-corrected chi connectivity index (χ1v) is 10.2. The molecule has 4 rings (SSSR count). The van der Waals surface area contributed by atoms with Crippen LogP contribution in [0, 0.1) is 11.3 Å². The molecule has 3 fully saturated rings. The van der Waals surface area contributed by atoms with Gasteiger partial charge in [0.2, 0.25) is 5.91 Å². The number of hydrogen-bond donors (Lipinski definition) is 0. The SMILES string of the molecule is CCCn1nccc1C(=O)N1CCC[C@]2(CCC(=O)N(CC3CC3)C2)C1. The third-order valence-corrected chi connectivity index (χ3v) is 6.24. The van der Waals surface area contributed by atoms with Crippen LogP contribution in [0.4, 0.5) is 0 Å². The molecule has 0 unspecified atom stereocenters. The lowest BCUT2D eigenvalue weighted by molar-refractivity contribution is -0.139. The lowest BCUT2D eigenvalue weighted by Crippen LogP contribution is -2.55. The van der Waals surface area contributed by atoms with Gasteiger partial charge in [0.25, 0.3) is 5.91 Å². The number of aryl methyl sites for hydroxylation is 1. The molecule has 1 aliphatic carbocycles. The van der Waals surface area contributed by atoms with Gasteiger partial charge >= 0.3 is 0 Å². The van der Waals surface area contributed by atoms with E-state index in [4.69, 9.17) is 0 Å². The molecule has 2 saturated heterocycles. The number of carbonyl (C=O) groups excluding carboxylic acids is 2. The van der Waals surface area contributed by atoms with Gasteiger partial charge in [-0.25, -0.2) is 0 Å². The summed E-state index contributed by atoms with van der Waals surface area (Å²) < 4.78 is 1.83. The van der Waals surface area contributed by atoms with Crippen molar-refractivity contribution in [2.24, 2.45) is 11.3 Å². The zero-order valence-corrected chi connectivity index (χ0v) is 15.8. The summed E-state index contributed by atoms with van der Waals surface area (Å²) in [5.41, 5.74) is 0.789. The number of amides is 2. The van der Waals surface area contributed by atoms with Crippen molar-refractivity contribution in [3.63, 3.8) is 0 Å². The van der Waals surface area contributed by atoms with Crippen molar-refractivity contribution >= 4 is 11.8 Å². The Labute approximate surface area is 155 Å². The van der Waals surface area contributed by atoms with E-state index >= 15 is 0 Å². The molecule has 2 aliphatic heterocycles. The Morgan fingerprint density at radius 1 is 1.31 bits per heavy atom. The predicted molar refractivity (Wildman–Crippen MR) is 98.6 cm³/mol. The van der Waals surface area contributed by atoms with Crippen molar-refractivity contribution in [1.82, 2.24) is 19.6 Å². The van der Waals surface area contributed by atoms with Crippen LogP contribution in [0.15, 0.2) is 12.3 Å². The van der Waals surface area contributed by atoms with E-state index < -0.39 is 0 Å². The fraction of sp³-hybridized carbons (Fsp3) is 0.750. The molecule has 1 atom stereocenters. The van der Waals surface area contributed by atoms with Crippen molar-refractivity contribution in [2.45, 2.75) is 58.4 Å². The van der Waals surface area contributed by atoms with Gasteiger partial charge in [0.1, 0.15) is 5.69 Å². The maximum absolute atomic E-state index is 13.1. The van der Waals surface area contributed by atoms with E-state index in [9.17, 15) is 9.59 Å². The second-order valence-corrected chi connectivity index (χ2v) is 8.49. The van der Waals surface area contributed by atoms with Crippen LogP contribution >= 0.6 is 0 Å². The molecule has 2 amide bonds. The van der Waals surface area contributed by atoms with E-state index in [1.165, 1.54) is 12.8 Å². The monoisotopic (exact) mass is 358 g/mol. The Morgan fingerprint density at radius 3 is 2.92 bits per heavy atom. The molecule has 1 spiro atoms. The largest absolute Gasteiger partial charge is 0.342 e. The summed E-state index contributed by atoms with van der Waals surface area (Å²) in [5, 5.41) is 4.30. The third kappa shape index (κ3) is 3.51. The molecule has 3 aliphatic rings. The second kappa shape index (κ2) is 7.05. The summed E-state index contributed by atoms with van der Waals surface area (Å²) in [6.07, 6.45) is 8.93. The minimum atomic E-state index is 0.0896. The topological polar surface area (TPSA) is 58.4 Å². The summed E-state index contributed by atoms with van der Waals surface area (Å²) in [5.74, 6) is 1.13. The number of hydrogen-bond acceptors (Lipinski definition) is 3. The average Bonchev–Trinajstić information content (AvgIpc) is 3.34. The van der Waals surface area contributed by atoms with Gasteiger partial charge in [-0.2, -0.15) is 5.10 Å². The van der Waals surface area contributed by atoms with Crippen LogP contribution in [0.3, 0.4) is 0 Å². The summed E-state index contributed by atoms with van der Waals surface area (Å²) >= 11 is 0. The van der Waals surface area contributed by atoms with Crippen molar-refractivity contribution in [2.75, 3.05) is 26.2 Å². The van der Waals surface area contributed by atoms with Crippen molar-refractivity contribution in [3.05, 3.63) is 18.0 Å². The Bertz CT molecular complexity index is 681. The Balaban J connectivity index is 1.47. The number of nitrogens with zero attached hydrogens (tertiary/aromatic N) is 4. The molecule has 3 heterocycles. The standard InChI is InChI=1S/C20H30N4O2/c1-2-11-24-17(7-10-21-24)19(26)22-12-3-8-20(14-22)9-6-18(25)23(15-20)13-16-4-5-16/h7,10,16H,2-6,8-9,11-15H2,1H3/t20-/m0/s1. The Morgan fingerprint density at radius 2 is 2.15 bits per heavy atom.